The second-order valence-corrected chi connectivity index (χ2v) is 8.04. The summed E-state index contributed by atoms with van der Waals surface area (Å²) in [7, 11) is 0. The molecule has 4 unspecified atom stereocenters. The van der Waals surface area contributed by atoms with E-state index in [1.807, 2.05) is 0 Å². The number of rotatable bonds is 3. The van der Waals surface area contributed by atoms with Crippen molar-refractivity contribution in [3.63, 3.8) is 0 Å². The van der Waals surface area contributed by atoms with Gasteiger partial charge in [-0.3, -0.25) is 19.7 Å². The van der Waals surface area contributed by atoms with Crippen molar-refractivity contribution in [2.75, 3.05) is 4.90 Å². The van der Waals surface area contributed by atoms with Gasteiger partial charge in [0.05, 0.1) is 17.5 Å². The second kappa shape index (κ2) is 6.57. The van der Waals surface area contributed by atoms with E-state index in [-0.39, 0.29) is 5.75 Å². The first-order chi connectivity index (χ1) is 13.7. The van der Waals surface area contributed by atoms with Gasteiger partial charge in [-0.1, -0.05) is 35.9 Å². The summed E-state index contributed by atoms with van der Waals surface area (Å²) in [4.78, 5) is 39.7. The molecule has 8 heteroatoms. The maximum atomic E-state index is 13.3. The molecular weight excluding hydrogens is 396 g/mol. The Hall–Kier alpha value is -2.90. The number of hydrogen-bond donors (Lipinski definition) is 3. The van der Waals surface area contributed by atoms with Crippen molar-refractivity contribution >= 4 is 35.1 Å². The summed E-state index contributed by atoms with van der Waals surface area (Å²) in [5, 5.41) is 23.5. The number of imide groups is 1. The van der Waals surface area contributed by atoms with Crippen LogP contribution in [0, 0.1) is 18.8 Å². The SMILES string of the molecule is Cc1ccc(N2C(=O)C3C(c4ccccc4O)NC(C)(C(=O)O)C3C2=O)cc1Cl. The van der Waals surface area contributed by atoms with E-state index in [0.29, 0.717) is 16.3 Å². The summed E-state index contributed by atoms with van der Waals surface area (Å²) < 4.78 is 0. The number of fused-ring (bicyclic) bond motifs is 1. The number of aryl methyl sites for hydroxylation is 1. The smallest absolute Gasteiger partial charge is 0.324 e. The normalized spacial score (nSPS) is 28.7. The molecule has 2 aromatic carbocycles. The molecule has 2 amide bonds. The number of carboxylic acid groups (broad SMARTS) is 1. The fourth-order valence-electron chi connectivity index (χ4n) is 4.33. The lowest BCUT2D eigenvalue weighted by molar-refractivity contribution is -0.147. The molecule has 0 aromatic heterocycles. The number of anilines is 1. The summed E-state index contributed by atoms with van der Waals surface area (Å²) >= 11 is 6.17. The van der Waals surface area contributed by atoms with Gasteiger partial charge in [-0.15, -0.1) is 0 Å². The molecule has 0 aliphatic carbocycles. The van der Waals surface area contributed by atoms with E-state index < -0.39 is 41.2 Å². The maximum absolute atomic E-state index is 13.3. The van der Waals surface area contributed by atoms with Crippen LogP contribution in [0.1, 0.15) is 24.1 Å². The summed E-state index contributed by atoms with van der Waals surface area (Å²) in [5.41, 5.74) is -0.210. The Bertz CT molecular complexity index is 1060. The maximum Gasteiger partial charge on any atom is 0.324 e. The van der Waals surface area contributed by atoms with Crippen molar-refractivity contribution < 1.29 is 24.6 Å². The number of carbonyl (C=O) groups excluding carboxylic acids is 2. The van der Waals surface area contributed by atoms with Gasteiger partial charge in [0.2, 0.25) is 11.8 Å². The number of phenolic OH excluding ortho intramolecular Hbond substituents is 1. The van der Waals surface area contributed by atoms with Crippen LogP contribution in [0.3, 0.4) is 0 Å². The fraction of sp³-hybridized carbons (Fsp3) is 0.286. The highest BCUT2D eigenvalue weighted by molar-refractivity contribution is 6.32. The fourth-order valence-corrected chi connectivity index (χ4v) is 4.50. The monoisotopic (exact) mass is 414 g/mol. The van der Waals surface area contributed by atoms with Crippen LogP contribution < -0.4 is 10.2 Å². The molecule has 29 heavy (non-hydrogen) atoms. The number of phenols is 1. The second-order valence-electron chi connectivity index (χ2n) is 7.64. The van der Waals surface area contributed by atoms with E-state index in [0.717, 1.165) is 10.5 Å². The first-order valence-corrected chi connectivity index (χ1v) is 9.47. The molecule has 2 saturated heterocycles. The highest BCUT2D eigenvalue weighted by Crippen LogP contribution is 2.51. The quantitative estimate of drug-likeness (QED) is 0.666. The summed E-state index contributed by atoms with van der Waals surface area (Å²) in [6, 6.07) is 10.4. The molecule has 0 saturated carbocycles. The minimum atomic E-state index is -1.67. The Morgan fingerprint density at radius 3 is 2.48 bits per heavy atom. The molecule has 2 aliphatic rings. The van der Waals surface area contributed by atoms with Crippen LogP contribution in [0.15, 0.2) is 42.5 Å². The molecule has 2 aliphatic heterocycles. The van der Waals surface area contributed by atoms with Gasteiger partial charge in [-0.2, -0.15) is 0 Å². The van der Waals surface area contributed by atoms with Gasteiger partial charge in [0, 0.05) is 16.6 Å². The minimum Gasteiger partial charge on any atom is -0.508 e. The van der Waals surface area contributed by atoms with Crippen molar-refractivity contribution in [1.82, 2.24) is 5.32 Å². The Morgan fingerprint density at radius 2 is 1.86 bits per heavy atom. The van der Waals surface area contributed by atoms with Gasteiger partial charge in [-0.25, -0.2) is 4.90 Å². The first-order valence-electron chi connectivity index (χ1n) is 9.09. The third-order valence-electron chi connectivity index (χ3n) is 5.92. The van der Waals surface area contributed by atoms with E-state index in [9.17, 15) is 24.6 Å². The standard InChI is InChI=1S/C21H19ClN2O5/c1-10-7-8-11(9-13(10)22)24-18(26)15-16(19(24)27)21(2,20(28)29)23-17(15)12-5-3-4-6-14(12)25/h3-9,15-17,23,25H,1-2H3,(H,28,29). The lowest BCUT2D eigenvalue weighted by Crippen LogP contribution is -2.53. The molecule has 4 rings (SSSR count). The summed E-state index contributed by atoms with van der Waals surface area (Å²) in [6.45, 7) is 3.19. The van der Waals surface area contributed by atoms with E-state index in [2.05, 4.69) is 5.32 Å². The van der Waals surface area contributed by atoms with Crippen molar-refractivity contribution in [1.29, 1.82) is 0 Å². The molecule has 7 nitrogen and oxygen atoms in total. The van der Waals surface area contributed by atoms with E-state index in [1.54, 1.807) is 37.3 Å². The number of benzene rings is 2. The summed E-state index contributed by atoms with van der Waals surface area (Å²) in [6.07, 6.45) is 0. The lowest BCUT2D eigenvalue weighted by atomic mass is 9.80. The number of halogens is 1. The molecule has 150 valence electrons. The minimum absolute atomic E-state index is 0.0736. The molecule has 0 spiro atoms. The molecule has 0 radical (unpaired) electrons. The number of nitrogens with zero attached hydrogens (tertiary/aromatic N) is 1. The van der Waals surface area contributed by atoms with Crippen LogP contribution in [-0.2, 0) is 14.4 Å². The predicted molar refractivity (Wildman–Crippen MR) is 106 cm³/mol. The number of hydrogen-bond acceptors (Lipinski definition) is 5. The van der Waals surface area contributed by atoms with Crippen molar-refractivity contribution in [3.8, 4) is 5.75 Å². The topological polar surface area (TPSA) is 107 Å². The molecule has 2 heterocycles. The molecule has 3 N–H and O–H groups in total. The molecule has 2 fully saturated rings. The van der Waals surface area contributed by atoms with Crippen molar-refractivity contribution in [2.24, 2.45) is 11.8 Å². The molecule has 2 aromatic rings. The van der Waals surface area contributed by atoms with Gasteiger partial charge in [0.25, 0.3) is 0 Å². The van der Waals surface area contributed by atoms with Crippen LogP contribution in [0.5, 0.6) is 5.75 Å². The molecular formula is C21H19ClN2O5. The third-order valence-corrected chi connectivity index (χ3v) is 6.32. The van der Waals surface area contributed by atoms with E-state index >= 15 is 0 Å². The number of aliphatic carboxylic acids is 1. The average Bonchev–Trinajstić information content (AvgIpc) is 3.12. The average molecular weight is 415 g/mol. The number of carbonyl (C=O) groups is 3. The van der Waals surface area contributed by atoms with Crippen LogP contribution in [0.2, 0.25) is 5.02 Å². The van der Waals surface area contributed by atoms with Crippen LogP contribution in [0.25, 0.3) is 0 Å². The zero-order valence-electron chi connectivity index (χ0n) is 15.7. The molecule has 4 atom stereocenters. The highest BCUT2D eigenvalue weighted by Gasteiger charge is 2.67. The third kappa shape index (κ3) is 2.73. The Morgan fingerprint density at radius 1 is 1.17 bits per heavy atom. The number of carboxylic acids is 1. The zero-order chi connectivity index (χ0) is 21.1. The number of aromatic hydroxyl groups is 1. The molecule has 0 bridgehead atoms. The summed E-state index contributed by atoms with van der Waals surface area (Å²) in [5.74, 6) is -4.54. The van der Waals surface area contributed by atoms with Gasteiger partial charge in [0.15, 0.2) is 0 Å². The van der Waals surface area contributed by atoms with Crippen molar-refractivity contribution in [3.05, 3.63) is 58.6 Å². The number of nitrogens with one attached hydrogen (secondary N) is 1. The Labute approximate surface area is 171 Å². The largest absolute Gasteiger partial charge is 0.508 e. The van der Waals surface area contributed by atoms with Crippen LogP contribution >= 0.6 is 11.6 Å². The van der Waals surface area contributed by atoms with Gasteiger partial charge in [-0.05, 0) is 37.6 Å². The zero-order valence-corrected chi connectivity index (χ0v) is 16.5. The first kappa shape index (κ1) is 19.4. The van der Waals surface area contributed by atoms with E-state index in [1.165, 1.54) is 19.1 Å². The van der Waals surface area contributed by atoms with Gasteiger partial charge in [0.1, 0.15) is 11.3 Å². The lowest BCUT2D eigenvalue weighted by Gasteiger charge is -2.27. The van der Waals surface area contributed by atoms with E-state index in [4.69, 9.17) is 11.6 Å². The van der Waals surface area contributed by atoms with Crippen LogP contribution in [-0.4, -0.2) is 33.5 Å². The van der Waals surface area contributed by atoms with Crippen LogP contribution in [0.4, 0.5) is 5.69 Å². The number of para-hydroxylation sites is 1. The number of amides is 2. The highest BCUT2D eigenvalue weighted by atomic mass is 35.5. The predicted octanol–water partition coefficient (Wildman–Crippen LogP) is 2.65. The Balaban J connectivity index is 1.85. The van der Waals surface area contributed by atoms with Gasteiger partial charge >= 0.3 is 5.97 Å². The van der Waals surface area contributed by atoms with Gasteiger partial charge < -0.3 is 10.2 Å². The Kier molecular flexibility index (Phi) is 4.40. The van der Waals surface area contributed by atoms with Crippen molar-refractivity contribution in [2.45, 2.75) is 25.4 Å².